The van der Waals surface area contributed by atoms with Crippen molar-refractivity contribution >= 4 is 34.9 Å². The first-order chi connectivity index (χ1) is 15.4. The van der Waals surface area contributed by atoms with Gasteiger partial charge in [-0.1, -0.05) is 41.9 Å². The molecule has 8 heteroatoms. The minimum atomic E-state index is -0.958. The topological polar surface area (TPSA) is 52.7 Å². The second kappa shape index (κ2) is 9.36. The number of carbonyl (C=O) groups excluding carboxylic acids is 2. The SMILES string of the molecule is O=C(Nc1ccccc1N1CCCN(Cc2ccccc2Cl)C1=O)c1ccc(F)cc1F. The van der Waals surface area contributed by atoms with Gasteiger partial charge in [0, 0.05) is 30.7 Å². The van der Waals surface area contributed by atoms with Crippen LogP contribution in [0.25, 0.3) is 0 Å². The van der Waals surface area contributed by atoms with Crippen LogP contribution in [0.1, 0.15) is 22.3 Å². The summed E-state index contributed by atoms with van der Waals surface area (Å²) in [6, 6.07) is 16.7. The van der Waals surface area contributed by atoms with E-state index < -0.39 is 17.5 Å². The van der Waals surface area contributed by atoms with Crippen LogP contribution in [0.3, 0.4) is 0 Å². The van der Waals surface area contributed by atoms with Gasteiger partial charge in [-0.2, -0.15) is 0 Å². The highest BCUT2D eigenvalue weighted by atomic mass is 35.5. The van der Waals surface area contributed by atoms with Crippen molar-refractivity contribution in [2.45, 2.75) is 13.0 Å². The van der Waals surface area contributed by atoms with Gasteiger partial charge in [0.2, 0.25) is 0 Å². The normalized spacial score (nSPS) is 13.9. The Morgan fingerprint density at radius 1 is 1.00 bits per heavy atom. The Kier molecular flexibility index (Phi) is 6.37. The lowest BCUT2D eigenvalue weighted by Crippen LogP contribution is -2.49. The Labute approximate surface area is 189 Å². The Bertz CT molecular complexity index is 1170. The van der Waals surface area contributed by atoms with E-state index in [-0.39, 0.29) is 11.6 Å². The number of nitrogens with one attached hydrogen (secondary N) is 1. The molecule has 0 saturated carbocycles. The van der Waals surface area contributed by atoms with Gasteiger partial charge in [0.1, 0.15) is 11.6 Å². The Morgan fingerprint density at radius 2 is 1.75 bits per heavy atom. The number of para-hydroxylation sites is 2. The third kappa shape index (κ3) is 4.57. The second-order valence-electron chi connectivity index (χ2n) is 7.40. The lowest BCUT2D eigenvalue weighted by molar-refractivity contribution is 0.102. The molecule has 0 radical (unpaired) electrons. The minimum absolute atomic E-state index is 0.217. The molecule has 1 aliphatic rings. The van der Waals surface area contributed by atoms with E-state index in [1.54, 1.807) is 40.1 Å². The van der Waals surface area contributed by atoms with Crippen molar-refractivity contribution < 1.29 is 18.4 Å². The molecular formula is C24H20ClF2N3O2. The number of amides is 3. The average Bonchev–Trinajstić information content (AvgIpc) is 2.77. The smallest absolute Gasteiger partial charge is 0.320 e. The van der Waals surface area contributed by atoms with Crippen LogP contribution in [0.15, 0.2) is 66.7 Å². The van der Waals surface area contributed by atoms with Crippen molar-refractivity contribution in [3.63, 3.8) is 0 Å². The number of halogens is 3. The summed E-state index contributed by atoms with van der Waals surface area (Å²) in [6.07, 6.45) is 0.727. The molecule has 1 aliphatic heterocycles. The highest BCUT2D eigenvalue weighted by Gasteiger charge is 2.29. The summed E-state index contributed by atoms with van der Waals surface area (Å²) in [4.78, 5) is 29.1. The number of anilines is 2. The fraction of sp³-hybridized carbons (Fsp3) is 0.167. The molecule has 1 fully saturated rings. The van der Waals surface area contributed by atoms with E-state index >= 15 is 0 Å². The molecule has 1 saturated heterocycles. The van der Waals surface area contributed by atoms with Crippen LogP contribution in [0.4, 0.5) is 25.0 Å². The Morgan fingerprint density at radius 3 is 2.53 bits per heavy atom. The predicted molar refractivity (Wildman–Crippen MR) is 120 cm³/mol. The second-order valence-corrected chi connectivity index (χ2v) is 7.80. The number of benzene rings is 3. The first-order valence-electron chi connectivity index (χ1n) is 10.1. The molecule has 1 N–H and O–H groups in total. The predicted octanol–water partition coefficient (Wildman–Crippen LogP) is 5.70. The van der Waals surface area contributed by atoms with Crippen molar-refractivity contribution in [3.05, 3.63) is 94.5 Å². The van der Waals surface area contributed by atoms with E-state index in [1.165, 1.54) is 0 Å². The van der Waals surface area contributed by atoms with E-state index in [2.05, 4.69) is 5.32 Å². The molecular weight excluding hydrogens is 436 g/mol. The zero-order valence-corrected chi connectivity index (χ0v) is 17.8. The first-order valence-corrected chi connectivity index (χ1v) is 10.5. The monoisotopic (exact) mass is 455 g/mol. The van der Waals surface area contributed by atoms with Crippen LogP contribution >= 0.6 is 11.6 Å². The molecule has 0 atom stereocenters. The maximum atomic E-state index is 14.0. The summed E-state index contributed by atoms with van der Waals surface area (Å²) in [6.45, 7) is 1.41. The van der Waals surface area contributed by atoms with Crippen molar-refractivity contribution in [2.75, 3.05) is 23.3 Å². The summed E-state index contributed by atoms with van der Waals surface area (Å²) >= 11 is 6.25. The molecule has 3 amide bonds. The van der Waals surface area contributed by atoms with Gasteiger partial charge in [-0.25, -0.2) is 13.6 Å². The van der Waals surface area contributed by atoms with E-state index in [4.69, 9.17) is 11.6 Å². The molecule has 5 nitrogen and oxygen atoms in total. The number of rotatable bonds is 5. The molecule has 3 aromatic rings. The summed E-state index contributed by atoms with van der Waals surface area (Å²) in [5.74, 6) is -2.45. The quantitative estimate of drug-likeness (QED) is 0.536. The van der Waals surface area contributed by atoms with Crippen LogP contribution in [0.5, 0.6) is 0 Å². The van der Waals surface area contributed by atoms with Crippen LogP contribution in [0, 0.1) is 11.6 Å². The molecule has 0 aliphatic carbocycles. The maximum absolute atomic E-state index is 14.0. The number of hydrogen-bond acceptors (Lipinski definition) is 2. The van der Waals surface area contributed by atoms with E-state index in [0.29, 0.717) is 42.1 Å². The minimum Gasteiger partial charge on any atom is -0.320 e. The van der Waals surface area contributed by atoms with Crippen molar-refractivity contribution in [3.8, 4) is 0 Å². The number of carbonyl (C=O) groups is 2. The average molecular weight is 456 g/mol. The molecule has 0 unspecified atom stereocenters. The highest BCUT2D eigenvalue weighted by Crippen LogP contribution is 2.30. The summed E-state index contributed by atoms with van der Waals surface area (Å²) in [5, 5.41) is 3.23. The number of hydrogen-bond donors (Lipinski definition) is 1. The van der Waals surface area contributed by atoms with Crippen molar-refractivity contribution in [2.24, 2.45) is 0 Å². The molecule has 0 aromatic heterocycles. The third-order valence-corrected chi connectivity index (χ3v) is 5.62. The van der Waals surface area contributed by atoms with E-state index in [0.717, 1.165) is 24.1 Å². The largest absolute Gasteiger partial charge is 0.324 e. The van der Waals surface area contributed by atoms with Gasteiger partial charge in [0.15, 0.2) is 0 Å². The molecule has 4 rings (SSSR count). The zero-order chi connectivity index (χ0) is 22.7. The first kappa shape index (κ1) is 21.8. The lowest BCUT2D eigenvalue weighted by atomic mass is 10.1. The summed E-state index contributed by atoms with van der Waals surface area (Å²) in [7, 11) is 0. The van der Waals surface area contributed by atoms with Crippen LogP contribution in [-0.4, -0.2) is 29.9 Å². The fourth-order valence-corrected chi connectivity index (χ4v) is 3.86. The Balaban J connectivity index is 1.56. The van der Waals surface area contributed by atoms with Gasteiger partial charge in [-0.05, 0) is 42.3 Å². The third-order valence-electron chi connectivity index (χ3n) is 5.25. The molecule has 1 heterocycles. The van der Waals surface area contributed by atoms with E-state index in [1.807, 2.05) is 18.2 Å². The number of nitrogens with zero attached hydrogens (tertiary/aromatic N) is 2. The van der Waals surface area contributed by atoms with Gasteiger partial charge in [-0.3, -0.25) is 9.69 Å². The summed E-state index contributed by atoms with van der Waals surface area (Å²) < 4.78 is 27.2. The Hall–Kier alpha value is -3.45. The van der Waals surface area contributed by atoms with E-state index in [9.17, 15) is 18.4 Å². The molecule has 32 heavy (non-hydrogen) atoms. The molecule has 0 spiro atoms. The lowest BCUT2D eigenvalue weighted by Gasteiger charge is -2.36. The van der Waals surface area contributed by atoms with Crippen LogP contribution in [0.2, 0.25) is 5.02 Å². The van der Waals surface area contributed by atoms with Crippen molar-refractivity contribution in [1.29, 1.82) is 0 Å². The summed E-state index contributed by atoms with van der Waals surface area (Å²) in [5.41, 5.74) is 1.41. The van der Waals surface area contributed by atoms with Gasteiger partial charge in [0.05, 0.1) is 16.9 Å². The van der Waals surface area contributed by atoms with Crippen LogP contribution in [-0.2, 0) is 6.54 Å². The standard InChI is InChI=1S/C24H20ClF2N3O2/c25-19-7-2-1-6-16(19)15-29-12-5-13-30(24(29)32)22-9-4-3-8-21(22)28-23(31)18-11-10-17(26)14-20(18)27/h1-4,6-11,14H,5,12-13,15H2,(H,28,31). The highest BCUT2D eigenvalue weighted by molar-refractivity contribution is 6.31. The van der Waals surface area contributed by atoms with Gasteiger partial charge < -0.3 is 10.2 Å². The van der Waals surface area contributed by atoms with Gasteiger partial charge in [-0.15, -0.1) is 0 Å². The van der Waals surface area contributed by atoms with Gasteiger partial charge >= 0.3 is 6.03 Å². The molecule has 0 bridgehead atoms. The van der Waals surface area contributed by atoms with Crippen LogP contribution < -0.4 is 10.2 Å². The van der Waals surface area contributed by atoms with Crippen molar-refractivity contribution in [1.82, 2.24) is 4.90 Å². The maximum Gasteiger partial charge on any atom is 0.324 e. The number of urea groups is 1. The molecule has 3 aromatic carbocycles. The zero-order valence-electron chi connectivity index (χ0n) is 17.0. The molecule has 164 valence electrons. The van der Waals surface area contributed by atoms with Gasteiger partial charge in [0.25, 0.3) is 5.91 Å². The fourth-order valence-electron chi connectivity index (χ4n) is 3.66.